The van der Waals surface area contributed by atoms with Gasteiger partial charge in [0, 0.05) is 43.5 Å². The molecular formula is C21H18N6S. The highest BCUT2D eigenvalue weighted by Gasteiger charge is 2.21. The van der Waals surface area contributed by atoms with Crippen LogP contribution in [0, 0.1) is 22.7 Å². The molecule has 3 aromatic rings. The smallest absolute Gasteiger partial charge is 0.143 e. The molecular weight excluding hydrogens is 368 g/mol. The molecule has 6 nitrogen and oxygen atoms in total. The van der Waals surface area contributed by atoms with E-state index in [4.69, 9.17) is 5.73 Å². The van der Waals surface area contributed by atoms with Crippen LogP contribution in [0.5, 0.6) is 0 Å². The van der Waals surface area contributed by atoms with E-state index in [1.807, 2.05) is 55.4 Å². The summed E-state index contributed by atoms with van der Waals surface area (Å²) in [5.41, 5.74) is 9.92. The van der Waals surface area contributed by atoms with E-state index < -0.39 is 0 Å². The largest absolute Gasteiger partial charge is 0.383 e. The van der Waals surface area contributed by atoms with Crippen LogP contribution in [0.3, 0.4) is 0 Å². The molecule has 28 heavy (non-hydrogen) atoms. The predicted molar refractivity (Wildman–Crippen MR) is 112 cm³/mol. The lowest BCUT2D eigenvalue weighted by atomic mass is 9.96. The lowest BCUT2D eigenvalue weighted by Gasteiger charge is -2.16. The predicted octanol–water partition coefficient (Wildman–Crippen LogP) is 3.83. The highest BCUT2D eigenvalue weighted by Crippen LogP contribution is 2.37. The van der Waals surface area contributed by atoms with Crippen molar-refractivity contribution in [2.24, 2.45) is 0 Å². The fraction of sp³-hybridized carbons (Fsp3) is 0.143. The van der Waals surface area contributed by atoms with E-state index in [-0.39, 0.29) is 11.4 Å². The molecule has 138 valence electrons. The SMILES string of the molecule is CN(C)c1cccc(-c2c(C#N)c(N)nc(SCc3cccnc3)c2C#N)c1. The average Bonchev–Trinajstić information content (AvgIpc) is 2.72. The molecule has 0 aliphatic rings. The third kappa shape index (κ3) is 3.90. The zero-order valence-electron chi connectivity index (χ0n) is 15.5. The summed E-state index contributed by atoms with van der Waals surface area (Å²) in [5.74, 6) is 0.721. The number of nitrogen functional groups attached to an aromatic ring is 1. The summed E-state index contributed by atoms with van der Waals surface area (Å²) in [6, 6.07) is 15.8. The summed E-state index contributed by atoms with van der Waals surface area (Å²) >= 11 is 1.40. The summed E-state index contributed by atoms with van der Waals surface area (Å²) < 4.78 is 0. The Morgan fingerprint density at radius 2 is 1.89 bits per heavy atom. The van der Waals surface area contributed by atoms with Crippen LogP contribution >= 0.6 is 11.8 Å². The minimum absolute atomic E-state index is 0.125. The van der Waals surface area contributed by atoms with Gasteiger partial charge in [0.15, 0.2) is 0 Å². The molecule has 7 heteroatoms. The Bertz CT molecular complexity index is 1080. The monoisotopic (exact) mass is 386 g/mol. The third-order valence-corrected chi connectivity index (χ3v) is 5.21. The first-order valence-electron chi connectivity index (χ1n) is 8.48. The molecule has 0 radical (unpaired) electrons. The first kappa shape index (κ1) is 19.2. The molecule has 0 spiro atoms. The molecule has 0 saturated heterocycles. The summed E-state index contributed by atoms with van der Waals surface area (Å²) in [5, 5.41) is 20.0. The molecule has 2 N–H and O–H groups in total. The Kier molecular flexibility index (Phi) is 5.78. The van der Waals surface area contributed by atoms with Crippen LogP contribution in [0.2, 0.25) is 0 Å². The lowest BCUT2D eigenvalue weighted by Crippen LogP contribution is -2.09. The standard InChI is InChI=1S/C21H18N6S/c1-27(2)16-7-3-6-15(9-16)19-17(10-22)20(24)26-21(18(19)11-23)28-13-14-5-4-8-25-12-14/h3-9,12H,13H2,1-2H3,(H2,24,26). The first-order chi connectivity index (χ1) is 13.5. The number of aromatic nitrogens is 2. The Labute approximate surface area is 168 Å². The van der Waals surface area contributed by atoms with E-state index >= 15 is 0 Å². The molecule has 2 aromatic heterocycles. The van der Waals surface area contributed by atoms with Gasteiger partial charge in [0.25, 0.3) is 0 Å². The minimum atomic E-state index is 0.125. The van der Waals surface area contributed by atoms with Gasteiger partial charge in [0.1, 0.15) is 28.5 Å². The van der Waals surface area contributed by atoms with Crippen molar-refractivity contribution in [2.75, 3.05) is 24.7 Å². The molecule has 1 aromatic carbocycles. The highest BCUT2D eigenvalue weighted by molar-refractivity contribution is 7.98. The highest BCUT2D eigenvalue weighted by atomic mass is 32.2. The second-order valence-corrected chi connectivity index (χ2v) is 7.21. The van der Waals surface area contributed by atoms with Crippen LogP contribution in [0.15, 0.2) is 53.8 Å². The fourth-order valence-corrected chi connectivity index (χ4v) is 3.70. The molecule has 2 heterocycles. The van der Waals surface area contributed by atoms with Gasteiger partial charge in [-0.3, -0.25) is 4.98 Å². The topological polar surface area (TPSA) is 103 Å². The first-order valence-corrected chi connectivity index (χ1v) is 9.46. The number of nitriles is 2. The maximum atomic E-state index is 9.87. The number of nitrogens with zero attached hydrogens (tertiary/aromatic N) is 5. The summed E-state index contributed by atoms with van der Waals surface area (Å²) in [7, 11) is 3.87. The van der Waals surface area contributed by atoms with Crippen molar-refractivity contribution in [3.8, 4) is 23.3 Å². The fourth-order valence-electron chi connectivity index (χ4n) is 2.77. The van der Waals surface area contributed by atoms with Gasteiger partial charge in [0.05, 0.1) is 5.56 Å². The van der Waals surface area contributed by atoms with Crippen molar-refractivity contribution in [1.29, 1.82) is 10.5 Å². The van der Waals surface area contributed by atoms with Crippen LogP contribution in [0.4, 0.5) is 11.5 Å². The summed E-state index contributed by atoms with van der Waals surface area (Å²) in [6.45, 7) is 0. The third-order valence-electron chi connectivity index (χ3n) is 4.17. The van der Waals surface area contributed by atoms with E-state index in [1.54, 1.807) is 12.4 Å². The molecule has 0 aliphatic heterocycles. The number of nitrogens with two attached hydrogens (primary N) is 1. The van der Waals surface area contributed by atoms with Crippen molar-refractivity contribution < 1.29 is 0 Å². The lowest BCUT2D eigenvalue weighted by molar-refractivity contribution is 1.11. The van der Waals surface area contributed by atoms with Crippen molar-refractivity contribution in [3.63, 3.8) is 0 Å². The van der Waals surface area contributed by atoms with E-state index in [1.165, 1.54) is 11.8 Å². The number of anilines is 2. The van der Waals surface area contributed by atoms with Crippen LogP contribution in [-0.4, -0.2) is 24.1 Å². The molecule has 3 rings (SSSR count). The van der Waals surface area contributed by atoms with Crippen LogP contribution in [-0.2, 0) is 5.75 Å². The van der Waals surface area contributed by atoms with Gasteiger partial charge >= 0.3 is 0 Å². The molecule has 0 aliphatic carbocycles. The molecule has 0 bridgehead atoms. The Morgan fingerprint density at radius 3 is 2.54 bits per heavy atom. The maximum absolute atomic E-state index is 9.87. The van der Waals surface area contributed by atoms with Gasteiger partial charge in [-0.1, -0.05) is 18.2 Å². The second-order valence-electron chi connectivity index (χ2n) is 6.25. The van der Waals surface area contributed by atoms with Gasteiger partial charge in [0.2, 0.25) is 0 Å². The second kappa shape index (κ2) is 8.43. The van der Waals surface area contributed by atoms with Gasteiger partial charge in [-0.2, -0.15) is 10.5 Å². The number of hydrogen-bond acceptors (Lipinski definition) is 7. The number of thioether (sulfide) groups is 1. The summed E-state index contributed by atoms with van der Waals surface area (Å²) in [4.78, 5) is 10.4. The molecule has 0 atom stereocenters. The Morgan fingerprint density at radius 1 is 1.11 bits per heavy atom. The van der Waals surface area contributed by atoms with Gasteiger partial charge < -0.3 is 10.6 Å². The van der Waals surface area contributed by atoms with Gasteiger partial charge in [-0.05, 0) is 29.3 Å². The van der Waals surface area contributed by atoms with Crippen molar-refractivity contribution >= 4 is 23.3 Å². The van der Waals surface area contributed by atoms with Crippen LogP contribution < -0.4 is 10.6 Å². The average molecular weight is 386 g/mol. The quantitative estimate of drug-likeness (QED) is 0.665. The van der Waals surface area contributed by atoms with E-state index in [2.05, 4.69) is 22.1 Å². The molecule has 0 saturated carbocycles. The van der Waals surface area contributed by atoms with Crippen molar-refractivity contribution in [3.05, 3.63) is 65.5 Å². The molecule has 0 amide bonds. The zero-order valence-corrected chi connectivity index (χ0v) is 16.4. The number of benzene rings is 1. The van der Waals surface area contributed by atoms with Crippen molar-refractivity contribution in [1.82, 2.24) is 9.97 Å². The van der Waals surface area contributed by atoms with Gasteiger partial charge in [-0.15, -0.1) is 11.8 Å². The van der Waals surface area contributed by atoms with Crippen LogP contribution in [0.1, 0.15) is 16.7 Å². The number of rotatable bonds is 5. The molecule has 0 fully saturated rings. The Hall–Kier alpha value is -3.55. The molecule has 0 unspecified atom stereocenters. The maximum Gasteiger partial charge on any atom is 0.143 e. The summed E-state index contributed by atoms with van der Waals surface area (Å²) in [6.07, 6.45) is 3.48. The van der Waals surface area contributed by atoms with Crippen molar-refractivity contribution in [2.45, 2.75) is 10.8 Å². The van der Waals surface area contributed by atoms with E-state index in [0.29, 0.717) is 21.9 Å². The zero-order chi connectivity index (χ0) is 20.1. The van der Waals surface area contributed by atoms with Gasteiger partial charge in [-0.25, -0.2) is 4.98 Å². The van der Waals surface area contributed by atoms with E-state index in [0.717, 1.165) is 16.8 Å². The Balaban J connectivity index is 2.13. The number of hydrogen-bond donors (Lipinski definition) is 1. The minimum Gasteiger partial charge on any atom is -0.383 e. The number of pyridine rings is 2. The van der Waals surface area contributed by atoms with Crippen LogP contribution in [0.25, 0.3) is 11.1 Å². The normalized spacial score (nSPS) is 10.1. The van der Waals surface area contributed by atoms with E-state index in [9.17, 15) is 10.5 Å².